The molecule has 1 unspecified atom stereocenters. The minimum absolute atomic E-state index is 0.00712. The van der Waals surface area contributed by atoms with Gasteiger partial charge >= 0.3 is 0 Å². The van der Waals surface area contributed by atoms with Gasteiger partial charge in [0.2, 0.25) is 0 Å². The lowest BCUT2D eigenvalue weighted by atomic mass is 10.0. The molecule has 0 spiro atoms. The van der Waals surface area contributed by atoms with E-state index in [0.717, 1.165) is 23.3 Å². The third kappa shape index (κ3) is 3.51. The van der Waals surface area contributed by atoms with Crippen LogP contribution in [0.2, 0.25) is 0 Å². The molecular formula is C17H19ClO. The summed E-state index contributed by atoms with van der Waals surface area (Å²) in [4.78, 5) is 0. The van der Waals surface area contributed by atoms with Crippen LogP contribution in [0.5, 0.6) is 5.75 Å². The van der Waals surface area contributed by atoms with E-state index >= 15 is 0 Å². The van der Waals surface area contributed by atoms with Gasteiger partial charge in [-0.05, 0) is 43.0 Å². The van der Waals surface area contributed by atoms with Crippen molar-refractivity contribution in [2.75, 3.05) is 7.11 Å². The highest BCUT2D eigenvalue weighted by Gasteiger charge is 2.10. The summed E-state index contributed by atoms with van der Waals surface area (Å²) in [6, 6.07) is 14.6. The highest BCUT2D eigenvalue weighted by atomic mass is 35.5. The summed E-state index contributed by atoms with van der Waals surface area (Å²) in [6.45, 7) is 4.13. The summed E-state index contributed by atoms with van der Waals surface area (Å²) < 4.78 is 5.27. The molecule has 0 fully saturated rings. The molecule has 0 N–H and O–H groups in total. The molecule has 2 aromatic carbocycles. The summed E-state index contributed by atoms with van der Waals surface area (Å²) >= 11 is 6.51. The molecule has 0 amide bonds. The van der Waals surface area contributed by atoms with Gasteiger partial charge in [-0.3, -0.25) is 0 Å². The monoisotopic (exact) mass is 274 g/mol. The van der Waals surface area contributed by atoms with Crippen molar-refractivity contribution in [3.05, 3.63) is 64.7 Å². The van der Waals surface area contributed by atoms with Crippen molar-refractivity contribution >= 4 is 11.6 Å². The van der Waals surface area contributed by atoms with Crippen LogP contribution in [-0.4, -0.2) is 7.11 Å². The van der Waals surface area contributed by atoms with Crippen LogP contribution in [0.25, 0.3) is 0 Å². The lowest BCUT2D eigenvalue weighted by Gasteiger charge is -2.13. The summed E-state index contributed by atoms with van der Waals surface area (Å²) in [5.41, 5.74) is 4.80. The second kappa shape index (κ2) is 6.12. The highest BCUT2D eigenvalue weighted by Crippen LogP contribution is 2.29. The van der Waals surface area contributed by atoms with Crippen LogP contribution < -0.4 is 4.74 Å². The van der Waals surface area contributed by atoms with Crippen LogP contribution in [0.15, 0.2) is 42.5 Å². The zero-order chi connectivity index (χ0) is 13.8. The molecule has 19 heavy (non-hydrogen) atoms. The van der Waals surface area contributed by atoms with Crippen LogP contribution in [0, 0.1) is 13.8 Å². The van der Waals surface area contributed by atoms with Crippen molar-refractivity contribution in [2.24, 2.45) is 0 Å². The van der Waals surface area contributed by atoms with Gasteiger partial charge in [-0.25, -0.2) is 0 Å². The molecule has 0 saturated carbocycles. The van der Waals surface area contributed by atoms with Gasteiger partial charge < -0.3 is 4.74 Å². The van der Waals surface area contributed by atoms with Crippen LogP contribution in [-0.2, 0) is 6.42 Å². The van der Waals surface area contributed by atoms with Gasteiger partial charge in [-0.2, -0.15) is 0 Å². The molecule has 2 rings (SSSR count). The fourth-order valence-electron chi connectivity index (χ4n) is 2.15. The largest absolute Gasteiger partial charge is 0.496 e. The fourth-order valence-corrected chi connectivity index (χ4v) is 2.46. The van der Waals surface area contributed by atoms with Crippen LogP contribution in [0.1, 0.15) is 27.6 Å². The molecule has 100 valence electrons. The molecular weight excluding hydrogens is 256 g/mol. The van der Waals surface area contributed by atoms with E-state index in [4.69, 9.17) is 16.3 Å². The average molecular weight is 275 g/mol. The topological polar surface area (TPSA) is 9.23 Å². The molecule has 0 aliphatic carbocycles. The first kappa shape index (κ1) is 14.0. The molecule has 2 heteroatoms. The van der Waals surface area contributed by atoms with Crippen LogP contribution >= 0.6 is 11.6 Å². The van der Waals surface area contributed by atoms with Crippen LogP contribution in [0.3, 0.4) is 0 Å². The summed E-state index contributed by atoms with van der Waals surface area (Å²) in [6.07, 6.45) is 0.841. The van der Waals surface area contributed by atoms with E-state index in [9.17, 15) is 0 Å². The normalized spacial score (nSPS) is 12.2. The van der Waals surface area contributed by atoms with Gasteiger partial charge in [0.25, 0.3) is 0 Å². The Balaban J connectivity index is 2.13. The number of aryl methyl sites for hydroxylation is 2. The third-order valence-electron chi connectivity index (χ3n) is 3.32. The predicted octanol–water partition coefficient (Wildman–Crippen LogP) is 4.83. The maximum atomic E-state index is 6.51. The molecule has 2 aromatic rings. The van der Waals surface area contributed by atoms with E-state index in [-0.39, 0.29) is 5.38 Å². The van der Waals surface area contributed by atoms with E-state index in [1.54, 1.807) is 7.11 Å². The molecule has 0 aromatic heterocycles. The van der Waals surface area contributed by atoms with Gasteiger partial charge in [0, 0.05) is 0 Å². The number of benzene rings is 2. The van der Waals surface area contributed by atoms with Crippen molar-refractivity contribution in [2.45, 2.75) is 25.6 Å². The maximum absolute atomic E-state index is 6.51. The Labute approximate surface area is 120 Å². The number of ether oxygens (including phenoxy) is 1. The number of hydrogen-bond acceptors (Lipinski definition) is 1. The number of methoxy groups -OCH3 is 1. The Kier molecular flexibility index (Phi) is 4.49. The number of hydrogen-bond donors (Lipinski definition) is 0. The van der Waals surface area contributed by atoms with Gasteiger partial charge in [-0.1, -0.05) is 42.0 Å². The zero-order valence-corrected chi connectivity index (χ0v) is 12.4. The van der Waals surface area contributed by atoms with E-state index in [0.29, 0.717) is 0 Å². The summed E-state index contributed by atoms with van der Waals surface area (Å²) in [5, 5.41) is -0.00712. The Hall–Kier alpha value is -1.47. The Morgan fingerprint density at radius 3 is 2.32 bits per heavy atom. The first-order valence-corrected chi connectivity index (χ1v) is 6.88. The van der Waals surface area contributed by atoms with Crippen molar-refractivity contribution < 1.29 is 4.74 Å². The molecule has 0 heterocycles. The zero-order valence-electron chi connectivity index (χ0n) is 11.6. The molecule has 0 saturated heterocycles. The first-order valence-electron chi connectivity index (χ1n) is 6.44. The minimum Gasteiger partial charge on any atom is -0.496 e. The quantitative estimate of drug-likeness (QED) is 0.725. The Morgan fingerprint density at radius 1 is 1.05 bits per heavy atom. The standard InChI is InChI=1S/C17H19ClO/c1-12-4-6-14(7-5-12)11-16(18)15-8-9-17(19-3)13(2)10-15/h4-10,16H,11H2,1-3H3. The number of halogens is 1. The van der Waals surface area contributed by atoms with Gasteiger partial charge in [-0.15, -0.1) is 11.6 Å². The smallest absolute Gasteiger partial charge is 0.121 e. The Morgan fingerprint density at radius 2 is 1.74 bits per heavy atom. The van der Waals surface area contributed by atoms with E-state index < -0.39 is 0 Å². The van der Waals surface area contributed by atoms with Crippen molar-refractivity contribution in [3.63, 3.8) is 0 Å². The van der Waals surface area contributed by atoms with E-state index in [2.05, 4.69) is 37.3 Å². The maximum Gasteiger partial charge on any atom is 0.121 e. The van der Waals surface area contributed by atoms with Gasteiger partial charge in [0.15, 0.2) is 0 Å². The third-order valence-corrected chi connectivity index (χ3v) is 3.72. The average Bonchev–Trinajstić information content (AvgIpc) is 2.41. The lowest BCUT2D eigenvalue weighted by molar-refractivity contribution is 0.411. The summed E-state index contributed by atoms with van der Waals surface area (Å²) in [5.74, 6) is 0.906. The predicted molar refractivity (Wildman–Crippen MR) is 81.2 cm³/mol. The SMILES string of the molecule is COc1ccc(C(Cl)Cc2ccc(C)cc2)cc1C. The van der Waals surface area contributed by atoms with Gasteiger partial charge in [0.05, 0.1) is 12.5 Å². The molecule has 0 aliphatic heterocycles. The second-order valence-electron chi connectivity index (χ2n) is 4.89. The van der Waals surface area contributed by atoms with E-state index in [1.165, 1.54) is 11.1 Å². The molecule has 1 atom stereocenters. The number of alkyl halides is 1. The van der Waals surface area contributed by atoms with Gasteiger partial charge in [0.1, 0.15) is 5.75 Å². The highest BCUT2D eigenvalue weighted by molar-refractivity contribution is 6.20. The van der Waals surface area contributed by atoms with E-state index in [1.807, 2.05) is 19.1 Å². The fraction of sp³-hybridized carbons (Fsp3) is 0.294. The molecule has 0 aliphatic rings. The molecule has 0 bridgehead atoms. The van der Waals surface area contributed by atoms with Crippen LogP contribution in [0.4, 0.5) is 0 Å². The molecule has 0 radical (unpaired) electrons. The van der Waals surface area contributed by atoms with Crippen molar-refractivity contribution in [1.29, 1.82) is 0 Å². The summed E-state index contributed by atoms with van der Waals surface area (Å²) in [7, 11) is 1.69. The second-order valence-corrected chi connectivity index (χ2v) is 5.41. The minimum atomic E-state index is -0.00712. The Bertz CT molecular complexity index is 546. The number of rotatable bonds is 4. The lowest BCUT2D eigenvalue weighted by Crippen LogP contribution is -1.97. The van der Waals surface area contributed by atoms with Crippen molar-refractivity contribution in [3.8, 4) is 5.75 Å². The molecule has 1 nitrogen and oxygen atoms in total. The first-order chi connectivity index (χ1) is 9.10. The van der Waals surface area contributed by atoms with Crippen molar-refractivity contribution in [1.82, 2.24) is 0 Å².